The van der Waals surface area contributed by atoms with Crippen molar-refractivity contribution >= 4 is 10.8 Å². The zero-order chi connectivity index (χ0) is 10.5. The first kappa shape index (κ1) is 10.1. The molecule has 0 aliphatic heterocycles. The van der Waals surface area contributed by atoms with Crippen LogP contribution >= 0.6 is 0 Å². The first-order valence-corrected chi connectivity index (χ1v) is 5.31. The Morgan fingerprint density at radius 2 is 2.00 bits per heavy atom. The Balaban J connectivity index is 2.16. The van der Waals surface area contributed by atoms with Gasteiger partial charge in [0.15, 0.2) is 0 Å². The van der Waals surface area contributed by atoms with Gasteiger partial charge >= 0.3 is 0 Å². The van der Waals surface area contributed by atoms with Gasteiger partial charge in [0.1, 0.15) is 0 Å². The fourth-order valence-corrected chi connectivity index (χ4v) is 1.53. The highest BCUT2D eigenvalue weighted by Crippen LogP contribution is 2.13. The average molecular weight is 201 g/mol. The molecule has 0 aliphatic carbocycles. The predicted octanol–water partition coefficient (Wildman–Crippen LogP) is 3.16. The van der Waals surface area contributed by atoms with E-state index in [0.29, 0.717) is 6.61 Å². The van der Waals surface area contributed by atoms with Crippen LogP contribution in [0.5, 0.6) is 0 Å². The van der Waals surface area contributed by atoms with Crippen LogP contribution in [-0.2, 0) is 11.3 Å². The summed E-state index contributed by atoms with van der Waals surface area (Å²) in [6.07, 6.45) is 2.95. The first-order chi connectivity index (χ1) is 7.40. The molecule has 1 aromatic heterocycles. The van der Waals surface area contributed by atoms with Crippen LogP contribution in [0, 0.1) is 0 Å². The number of nitrogens with zero attached hydrogens (tertiary/aromatic N) is 1. The third-order valence-corrected chi connectivity index (χ3v) is 2.29. The van der Waals surface area contributed by atoms with Crippen LogP contribution in [0.25, 0.3) is 10.8 Å². The average Bonchev–Trinajstić information content (AvgIpc) is 2.29. The second-order valence-electron chi connectivity index (χ2n) is 3.58. The summed E-state index contributed by atoms with van der Waals surface area (Å²) in [5.41, 5.74) is 1.00. The summed E-state index contributed by atoms with van der Waals surface area (Å²) in [7, 11) is 0. The molecule has 0 radical (unpaired) electrons. The van der Waals surface area contributed by atoms with Gasteiger partial charge in [0.05, 0.1) is 12.3 Å². The van der Waals surface area contributed by atoms with Crippen LogP contribution in [0.3, 0.4) is 0 Å². The van der Waals surface area contributed by atoms with E-state index in [9.17, 15) is 0 Å². The smallest absolute Gasteiger partial charge is 0.0888 e. The number of hydrogen-bond donors (Lipinski definition) is 0. The molecular formula is C13H15NO. The maximum atomic E-state index is 5.46. The lowest BCUT2D eigenvalue weighted by molar-refractivity contribution is 0.119. The Labute approximate surface area is 89.9 Å². The van der Waals surface area contributed by atoms with Gasteiger partial charge in [-0.3, -0.25) is 4.98 Å². The largest absolute Gasteiger partial charge is 0.375 e. The highest BCUT2D eigenvalue weighted by molar-refractivity contribution is 5.81. The molecule has 2 nitrogen and oxygen atoms in total. The molecule has 0 spiro atoms. The predicted molar refractivity (Wildman–Crippen MR) is 61.7 cm³/mol. The zero-order valence-electron chi connectivity index (χ0n) is 8.94. The highest BCUT2D eigenvalue weighted by Gasteiger charge is 1.97. The summed E-state index contributed by atoms with van der Waals surface area (Å²) in [5.74, 6) is 0. The minimum absolute atomic E-state index is 0.610. The number of ether oxygens (including phenoxy) is 1. The second kappa shape index (κ2) is 4.89. The molecular weight excluding hydrogens is 186 g/mol. The molecule has 0 saturated carbocycles. The lowest BCUT2D eigenvalue weighted by atomic mass is 10.1. The van der Waals surface area contributed by atoms with E-state index in [2.05, 4.69) is 30.1 Å². The van der Waals surface area contributed by atoms with Crippen molar-refractivity contribution in [3.05, 3.63) is 42.2 Å². The minimum atomic E-state index is 0.610. The Morgan fingerprint density at radius 1 is 1.20 bits per heavy atom. The van der Waals surface area contributed by atoms with Gasteiger partial charge in [-0.25, -0.2) is 0 Å². The molecule has 0 unspecified atom stereocenters. The van der Waals surface area contributed by atoms with E-state index in [1.165, 1.54) is 10.8 Å². The van der Waals surface area contributed by atoms with Crippen LogP contribution in [0.2, 0.25) is 0 Å². The first-order valence-electron chi connectivity index (χ1n) is 5.31. The summed E-state index contributed by atoms with van der Waals surface area (Å²) >= 11 is 0. The Hall–Kier alpha value is -1.41. The lowest BCUT2D eigenvalue weighted by Crippen LogP contribution is -1.96. The molecule has 0 aliphatic rings. The number of hydrogen-bond acceptors (Lipinski definition) is 2. The van der Waals surface area contributed by atoms with Crippen LogP contribution in [0.1, 0.15) is 19.0 Å². The molecule has 15 heavy (non-hydrogen) atoms. The van der Waals surface area contributed by atoms with E-state index < -0.39 is 0 Å². The molecule has 78 valence electrons. The summed E-state index contributed by atoms with van der Waals surface area (Å²) in [4.78, 5) is 4.35. The third-order valence-electron chi connectivity index (χ3n) is 2.29. The standard InChI is InChI=1S/C13H15NO/c1-2-7-15-10-13-8-11-5-3-4-6-12(11)9-14-13/h3-6,8-9H,2,7,10H2,1H3. The molecule has 0 atom stereocenters. The van der Waals surface area contributed by atoms with Crippen molar-refractivity contribution in [2.45, 2.75) is 20.0 Å². The molecule has 0 bridgehead atoms. The van der Waals surface area contributed by atoms with E-state index in [1.54, 1.807) is 0 Å². The highest BCUT2D eigenvalue weighted by atomic mass is 16.5. The van der Waals surface area contributed by atoms with E-state index >= 15 is 0 Å². The number of pyridine rings is 1. The zero-order valence-corrected chi connectivity index (χ0v) is 8.94. The van der Waals surface area contributed by atoms with E-state index in [0.717, 1.165) is 18.7 Å². The molecule has 0 saturated heterocycles. The van der Waals surface area contributed by atoms with Crippen molar-refractivity contribution in [3.63, 3.8) is 0 Å². The number of benzene rings is 1. The maximum Gasteiger partial charge on any atom is 0.0888 e. The number of aromatic nitrogens is 1. The molecule has 2 rings (SSSR count). The van der Waals surface area contributed by atoms with E-state index in [1.807, 2.05) is 18.3 Å². The molecule has 2 heteroatoms. The number of fused-ring (bicyclic) bond motifs is 1. The minimum Gasteiger partial charge on any atom is -0.375 e. The van der Waals surface area contributed by atoms with E-state index in [4.69, 9.17) is 4.74 Å². The molecule has 1 aromatic carbocycles. The van der Waals surface area contributed by atoms with E-state index in [-0.39, 0.29) is 0 Å². The van der Waals surface area contributed by atoms with Crippen LogP contribution in [0.15, 0.2) is 36.5 Å². The normalized spacial score (nSPS) is 10.7. The monoisotopic (exact) mass is 201 g/mol. The molecule has 0 amide bonds. The summed E-state index contributed by atoms with van der Waals surface area (Å²) in [5, 5.41) is 2.40. The van der Waals surface area contributed by atoms with Crippen molar-refractivity contribution in [2.75, 3.05) is 6.61 Å². The third kappa shape index (κ3) is 2.54. The Bertz CT molecular complexity index is 439. The van der Waals surface area contributed by atoms with Crippen LogP contribution in [0.4, 0.5) is 0 Å². The molecule has 0 fully saturated rings. The van der Waals surface area contributed by atoms with Gasteiger partial charge in [-0.05, 0) is 17.9 Å². The van der Waals surface area contributed by atoms with Crippen LogP contribution in [-0.4, -0.2) is 11.6 Å². The van der Waals surface area contributed by atoms with Crippen molar-refractivity contribution in [3.8, 4) is 0 Å². The summed E-state index contributed by atoms with van der Waals surface area (Å²) in [6.45, 7) is 3.51. The van der Waals surface area contributed by atoms with Gasteiger partial charge in [-0.1, -0.05) is 31.2 Å². The number of rotatable bonds is 4. The van der Waals surface area contributed by atoms with Gasteiger partial charge in [0.25, 0.3) is 0 Å². The maximum absolute atomic E-state index is 5.46. The quantitative estimate of drug-likeness (QED) is 0.709. The topological polar surface area (TPSA) is 22.1 Å². The lowest BCUT2D eigenvalue weighted by Gasteiger charge is -2.03. The summed E-state index contributed by atoms with van der Waals surface area (Å²) < 4.78 is 5.46. The van der Waals surface area contributed by atoms with Crippen molar-refractivity contribution in [2.24, 2.45) is 0 Å². The Kier molecular flexibility index (Phi) is 3.30. The van der Waals surface area contributed by atoms with Crippen molar-refractivity contribution in [1.82, 2.24) is 4.98 Å². The van der Waals surface area contributed by atoms with Gasteiger partial charge in [-0.15, -0.1) is 0 Å². The fourth-order valence-electron chi connectivity index (χ4n) is 1.53. The van der Waals surface area contributed by atoms with Crippen LogP contribution < -0.4 is 0 Å². The van der Waals surface area contributed by atoms with Gasteiger partial charge in [-0.2, -0.15) is 0 Å². The molecule has 2 aromatic rings. The van der Waals surface area contributed by atoms with Crippen molar-refractivity contribution in [1.29, 1.82) is 0 Å². The molecule has 0 N–H and O–H groups in total. The van der Waals surface area contributed by atoms with Gasteiger partial charge in [0, 0.05) is 18.2 Å². The van der Waals surface area contributed by atoms with Gasteiger partial charge in [0.2, 0.25) is 0 Å². The van der Waals surface area contributed by atoms with Crippen molar-refractivity contribution < 1.29 is 4.74 Å². The Morgan fingerprint density at radius 3 is 2.80 bits per heavy atom. The fraction of sp³-hybridized carbons (Fsp3) is 0.308. The summed E-state index contributed by atoms with van der Waals surface area (Å²) in [6, 6.07) is 10.3. The second-order valence-corrected chi connectivity index (χ2v) is 3.58. The SMILES string of the molecule is CCCOCc1cc2ccccc2cn1. The van der Waals surface area contributed by atoms with Gasteiger partial charge < -0.3 is 4.74 Å². The molecule has 1 heterocycles.